The van der Waals surface area contributed by atoms with E-state index in [1.807, 2.05) is 62.4 Å². The Balaban J connectivity index is 1.94. The first-order valence-corrected chi connectivity index (χ1v) is 9.98. The molecule has 8 heteroatoms. The van der Waals surface area contributed by atoms with Crippen molar-refractivity contribution in [1.82, 2.24) is 30.2 Å². The van der Waals surface area contributed by atoms with Gasteiger partial charge >= 0.3 is 5.97 Å². The van der Waals surface area contributed by atoms with Crippen molar-refractivity contribution >= 4 is 5.97 Å². The topological polar surface area (TPSA) is 95.7 Å². The van der Waals surface area contributed by atoms with Gasteiger partial charge in [-0.25, -0.2) is 14.8 Å². The minimum absolute atomic E-state index is 0.144. The van der Waals surface area contributed by atoms with E-state index in [1.165, 1.54) is 11.1 Å². The molecule has 2 aromatic carbocycles. The van der Waals surface area contributed by atoms with Gasteiger partial charge < -0.3 is 4.74 Å². The number of carbonyl (C=O) groups excluding carboxylic acids is 1. The number of rotatable bonds is 6. The van der Waals surface area contributed by atoms with Crippen LogP contribution in [0.5, 0.6) is 0 Å². The predicted molar refractivity (Wildman–Crippen MR) is 115 cm³/mol. The molecule has 0 amide bonds. The summed E-state index contributed by atoms with van der Waals surface area (Å²) in [5, 5.41) is 11.7. The summed E-state index contributed by atoms with van der Waals surface area (Å²) in [6, 6.07) is 16.0. The largest absolute Gasteiger partial charge is 0.461 e. The predicted octanol–water partition coefficient (Wildman–Crippen LogP) is 3.64. The first kappa shape index (κ1) is 20.3. The lowest BCUT2D eigenvalue weighted by atomic mass is 10.0. The smallest absolute Gasteiger partial charge is 0.358 e. The highest BCUT2D eigenvalue weighted by atomic mass is 16.5. The molecule has 0 atom stereocenters. The van der Waals surface area contributed by atoms with E-state index in [-0.39, 0.29) is 18.8 Å². The van der Waals surface area contributed by atoms with Gasteiger partial charge in [0.2, 0.25) is 0 Å². The van der Waals surface area contributed by atoms with Crippen LogP contribution in [0.4, 0.5) is 0 Å². The fourth-order valence-corrected chi connectivity index (χ4v) is 3.16. The van der Waals surface area contributed by atoms with Gasteiger partial charge in [-0.3, -0.25) is 0 Å². The summed E-state index contributed by atoms with van der Waals surface area (Å²) in [5.74, 6) is -0.533. The summed E-state index contributed by atoms with van der Waals surface area (Å²) < 4.78 is 5.25. The summed E-state index contributed by atoms with van der Waals surface area (Å²) in [6.07, 6.45) is 1.33. The number of hydrogen-bond donors (Lipinski definition) is 0. The lowest BCUT2D eigenvalue weighted by molar-refractivity contribution is 0.0517. The van der Waals surface area contributed by atoms with Crippen molar-refractivity contribution in [3.05, 3.63) is 77.4 Å². The Hall–Kier alpha value is -3.94. The Bertz CT molecular complexity index is 1190. The standard InChI is InChI=1S/C23H22N6O2/c1-4-31-23(30)22-19(13-29-25-14-24-28-29)26-20(17-9-5-15(2)6-10-17)21(27-22)18-11-7-16(3)8-12-18/h5-12,14H,4,13H2,1-3H3. The van der Waals surface area contributed by atoms with E-state index >= 15 is 0 Å². The normalized spacial score (nSPS) is 10.8. The number of benzene rings is 2. The van der Waals surface area contributed by atoms with Crippen LogP contribution in [0.25, 0.3) is 22.5 Å². The average molecular weight is 414 g/mol. The van der Waals surface area contributed by atoms with Gasteiger partial charge in [-0.2, -0.15) is 4.80 Å². The van der Waals surface area contributed by atoms with Crippen LogP contribution in [0.2, 0.25) is 0 Å². The number of carbonyl (C=O) groups is 1. The minimum atomic E-state index is -0.533. The van der Waals surface area contributed by atoms with Crippen LogP contribution in [0.3, 0.4) is 0 Å². The average Bonchev–Trinajstić information content (AvgIpc) is 3.28. The van der Waals surface area contributed by atoms with Crippen LogP contribution in [0.15, 0.2) is 54.9 Å². The van der Waals surface area contributed by atoms with Crippen molar-refractivity contribution in [2.45, 2.75) is 27.3 Å². The van der Waals surface area contributed by atoms with Gasteiger partial charge in [0.1, 0.15) is 6.54 Å². The van der Waals surface area contributed by atoms with Gasteiger partial charge in [-0.05, 0) is 26.0 Å². The summed E-state index contributed by atoms with van der Waals surface area (Å²) in [4.78, 5) is 23.7. The quantitative estimate of drug-likeness (QED) is 0.445. The van der Waals surface area contributed by atoms with Gasteiger partial charge in [0.05, 0.1) is 23.7 Å². The second-order valence-electron chi connectivity index (χ2n) is 7.13. The molecule has 0 N–H and O–H groups in total. The van der Waals surface area contributed by atoms with Gasteiger partial charge in [-0.15, -0.1) is 10.2 Å². The first-order valence-electron chi connectivity index (χ1n) is 9.98. The second-order valence-corrected chi connectivity index (χ2v) is 7.13. The van der Waals surface area contributed by atoms with Crippen LogP contribution in [0.1, 0.15) is 34.2 Å². The fraction of sp³-hybridized carbons (Fsp3) is 0.217. The molecule has 8 nitrogen and oxygen atoms in total. The van der Waals surface area contributed by atoms with E-state index in [9.17, 15) is 4.79 Å². The highest BCUT2D eigenvalue weighted by Crippen LogP contribution is 2.31. The first-order chi connectivity index (χ1) is 15.0. The summed E-state index contributed by atoms with van der Waals surface area (Å²) in [6.45, 7) is 6.19. The van der Waals surface area contributed by atoms with Crippen LogP contribution in [-0.2, 0) is 11.3 Å². The van der Waals surface area contributed by atoms with Crippen molar-refractivity contribution in [1.29, 1.82) is 0 Å². The van der Waals surface area contributed by atoms with Crippen molar-refractivity contribution in [2.24, 2.45) is 0 Å². The molecular weight excluding hydrogens is 392 g/mol. The van der Waals surface area contributed by atoms with Crippen LogP contribution >= 0.6 is 0 Å². The highest BCUT2D eigenvalue weighted by Gasteiger charge is 2.23. The lowest BCUT2D eigenvalue weighted by Crippen LogP contribution is -2.17. The third-order valence-corrected chi connectivity index (χ3v) is 4.77. The molecule has 0 bridgehead atoms. The Morgan fingerprint density at radius 2 is 1.48 bits per heavy atom. The molecule has 0 saturated carbocycles. The zero-order chi connectivity index (χ0) is 21.8. The van der Waals surface area contributed by atoms with E-state index in [0.717, 1.165) is 22.3 Å². The Morgan fingerprint density at radius 1 is 0.903 bits per heavy atom. The van der Waals surface area contributed by atoms with Gasteiger partial charge in [-0.1, -0.05) is 59.7 Å². The molecular formula is C23H22N6O2. The summed E-state index contributed by atoms with van der Waals surface area (Å²) in [5.41, 5.74) is 5.89. The molecule has 0 unspecified atom stereocenters. The van der Waals surface area contributed by atoms with E-state index in [0.29, 0.717) is 17.1 Å². The highest BCUT2D eigenvalue weighted by molar-refractivity contribution is 5.91. The molecule has 4 rings (SSSR count). The molecule has 0 saturated heterocycles. The number of ether oxygens (including phenoxy) is 1. The van der Waals surface area contributed by atoms with Crippen molar-refractivity contribution < 1.29 is 9.53 Å². The van der Waals surface area contributed by atoms with E-state index < -0.39 is 5.97 Å². The number of aromatic nitrogens is 6. The van der Waals surface area contributed by atoms with Crippen molar-refractivity contribution in [3.63, 3.8) is 0 Å². The van der Waals surface area contributed by atoms with Gasteiger partial charge in [0.15, 0.2) is 12.0 Å². The van der Waals surface area contributed by atoms with Gasteiger partial charge in [0.25, 0.3) is 0 Å². The second kappa shape index (κ2) is 8.83. The zero-order valence-corrected chi connectivity index (χ0v) is 17.6. The monoisotopic (exact) mass is 414 g/mol. The third-order valence-electron chi connectivity index (χ3n) is 4.77. The Kier molecular flexibility index (Phi) is 5.79. The third kappa shape index (κ3) is 4.48. The maximum absolute atomic E-state index is 12.7. The van der Waals surface area contributed by atoms with E-state index in [1.54, 1.807) is 6.92 Å². The molecule has 4 aromatic rings. The molecule has 0 fully saturated rings. The number of nitrogens with zero attached hydrogens (tertiary/aromatic N) is 6. The minimum Gasteiger partial charge on any atom is -0.461 e. The van der Waals surface area contributed by atoms with E-state index in [2.05, 4.69) is 15.4 Å². The molecule has 0 aliphatic carbocycles. The lowest BCUT2D eigenvalue weighted by Gasteiger charge is -2.14. The Morgan fingerprint density at radius 3 is 2.00 bits per heavy atom. The number of hydrogen-bond acceptors (Lipinski definition) is 7. The summed E-state index contributed by atoms with van der Waals surface area (Å²) in [7, 11) is 0. The Labute approximate surface area is 179 Å². The SMILES string of the molecule is CCOC(=O)c1nc(-c2ccc(C)cc2)c(-c2ccc(C)cc2)nc1Cn1ncnn1. The van der Waals surface area contributed by atoms with E-state index in [4.69, 9.17) is 14.7 Å². The molecule has 0 aliphatic rings. The van der Waals surface area contributed by atoms with Crippen molar-refractivity contribution in [3.8, 4) is 22.5 Å². The van der Waals surface area contributed by atoms with Crippen LogP contribution in [0, 0.1) is 13.8 Å². The molecule has 2 heterocycles. The number of aryl methyl sites for hydroxylation is 2. The molecule has 2 aromatic heterocycles. The molecule has 0 spiro atoms. The fourth-order valence-electron chi connectivity index (χ4n) is 3.16. The van der Waals surface area contributed by atoms with Crippen molar-refractivity contribution in [2.75, 3.05) is 6.61 Å². The zero-order valence-electron chi connectivity index (χ0n) is 17.6. The van der Waals surface area contributed by atoms with Crippen LogP contribution < -0.4 is 0 Å². The van der Waals surface area contributed by atoms with Crippen LogP contribution in [-0.4, -0.2) is 42.8 Å². The maximum Gasteiger partial charge on any atom is 0.358 e. The number of tetrazole rings is 1. The molecule has 156 valence electrons. The molecule has 0 radical (unpaired) electrons. The summed E-state index contributed by atoms with van der Waals surface area (Å²) >= 11 is 0. The molecule has 31 heavy (non-hydrogen) atoms. The van der Waals surface area contributed by atoms with Gasteiger partial charge in [0, 0.05) is 11.1 Å². The maximum atomic E-state index is 12.7. The number of esters is 1. The molecule has 0 aliphatic heterocycles.